The molecule has 1 atom stereocenters. The number of amides is 1. The Morgan fingerprint density at radius 1 is 1.20 bits per heavy atom. The van der Waals surface area contributed by atoms with Crippen LogP contribution in [-0.4, -0.2) is 75.0 Å². The van der Waals surface area contributed by atoms with Crippen molar-refractivity contribution in [1.29, 1.82) is 0 Å². The van der Waals surface area contributed by atoms with Crippen LogP contribution >= 0.6 is 24.0 Å². The predicted octanol–water partition coefficient (Wildman–Crippen LogP) is 1.90. The highest BCUT2D eigenvalue weighted by Gasteiger charge is 2.31. The van der Waals surface area contributed by atoms with Crippen LogP contribution in [0.4, 0.5) is 0 Å². The lowest BCUT2D eigenvalue weighted by Gasteiger charge is -2.26. The predicted molar refractivity (Wildman–Crippen MR) is 115 cm³/mol. The van der Waals surface area contributed by atoms with Gasteiger partial charge in [0, 0.05) is 38.6 Å². The van der Waals surface area contributed by atoms with Crippen LogP contribution in [-0.2, 0) is 4.79 Å². The number of carbonyl (C=O) groups excluding carboxylic acids is 1. The second-order valence-corrected chi connectivity index (χ2v) is 7.40. The number of nitrogens with zero attached hydrogens (tertiary/aromatic N) is 3. The van der Waals surface area contributed by atoms with E-state index in [0.717, 1.165) is 57.8 Å². The first kappa shape index (κ1) is 22.5. The largest absolute Gasteiger partial charge is 0.356 e. The molecule has 1 amide bonds. The van der Waals surface area contributed by atoms with E-state index < -0.39 is 0 Å². The summed E-state index contributed by atoms with van der Waals surface area (Å²) in [5.74, 6) is 1.51. The molecule has 2 rings (SSSR count). The lowest BCUT2D eigenvalue weighted by molar-refractivity contribution is -0.135. The number of guanidine groups is 1. The van der Waals surface area contributed by atoms with Crippen LogP contribution in [0.25, 0.3) is 0 Å². The Labute approximate surface area is 170 Å². The van der Waals surface area contributed by atoms with Crippen molar-refractivity contribution >= 4 is 35.8 Å². The zero-order chi connectivity index (χ0) is 17.4. The van der Waals surface area contributed by atoms with Gasteiger partial charge in [0.15, 0.2) is 5.96 Å². The average molecular weight is 465 g/mol. The topological polar surface area (TPSA) is 60.0 Å². The molecule has 0 aromatic carbocycles. The number of likely N-dealkylation sites (tertiary alicyclic amines) is 1. The Kier molecular flexibility index (Phi) is 10.7. The number of carbonyl (C=O) groups is 1. The van der Waals surface area contributed by atoms with E-state index in [4.69, 9.17) is 0 Å². The molecule has 6 nitrogen and oxygen atoms in total. The van der Waals surface area contributed by atoms with Crippen molar-refractivity contribution in [2.75, 3.05) is 47.3 Å². The lowest BCUT2D eigenvalue weighted by Crippen LogP contribution is -2.46. The Hall–Kier alpha value is -0.570. The maximum Gasteiger partial charge on any atom is 0.225 e. The van der Waals surface area contributed by atoms with E-state index in [1.165, 1.54) is 19.3 Å². The summed E-state index contributed by atoms with van der Waals surface area (Å²) in [5.41, 5.74) is 0. The normalized spacial score (nSPS) is 22.0. The van der Waals surface area contributed by atoms with Gasteiger partial charge in [0.25, 0.3) is 0 Å². The number of nitrogens with one attached hydrogen (secondary N) is 2. The molecule has 0 radical (unpaired) electrons. The molecule has 0 bridgehead atoms. The summed E-state index contributed by atoms with van der Waals surface area (Å²) in [6.45, 7) is 3.67. The zero-order valence-electron chi connectivity index (χ0n) is 16.1. The maximum absolute atomic E-state index is 12.6. The van der Waals surface area contributed by atoms with Gasteiger partial charge >= 0.3 is 0 Å². The second-order valence-electron chi connectivity index (χ2n) is 7.40. The molecule has 7 heteroatoms. The zero-order valence-corrected chi connectivity index (χ0v) is 18.4. The van der Waals surface area contributed by atoms with Gasteiger partial charge in [-0.05, 0) is 46.3 Å². The molecule has 1 heterocycles. The van der Waals surface area contributed by atoms with Crippen LogP contribution in [0.3, 0.4) is 0 Å². The Morgan fingerprint density at radius 3 is 2.56 bits per heavy atom. The third-order valence-corrected chi connectivity index (χ3v) is 5.09. The van der Waals surface area contributed by atoms with Crippen molar-refractivity contribution in [3.63, 3.8) is 0 Å². The number of halogens is 1. The molecule has 2 N–H and O–H groups in total. The fourth-order valence-electron chi connectivity index (χ4n) is 3.68. The van der Waals surface area contributed by atoms with Gasteiger partial charge in [-0.3, -0.25) is 9.79 Å². The van der Waals surface area contributed by atoms with Gasteiger partial charge in [-0.15, -0.1) is 24.0 Å². The molecule has 2 aliphatic rings. The first-order chi connectivity index (χ1) is 11.6. The molecule has 1 unspecified atom stereocenters. The van der Waals surface area contributed by atoms with E-state index in [-0.39, 0.29) is 29.9 Å². The highest BCUT2D eigenvalue weighted by atomic mass is 127. The van der Waals surface area contributed by atoms with Gasteiger partial charge in [0.2, 0.25) is 5.91 Å². The molecular formula is C18H36IN5O. The van der Waals surface area contributed by atoms with Crippen LogP contribution in [0.1, 0.15) is 44.9 Å². The first-order valence-corrected chi connectivity index (χ1v) is 9.51. The summed E-state index contributed by atoms with van der Waals surface area (Å²) in [7, 11) is 5.98. The molecule has 2 fully saturated rings. The Balaban J connectivity index is 0.00000312. The molecule has 1 aliphatic heterocycles. The van der Waals surface area contributed by atoms with E-state index in [0.29, 0.717) is 11.9 Å². The summed E-state index contributed by atoms with van der Waals surface area (Å²) in [4.78, 5) is 21.2. The van der Waals surface area contributed by atoms with E-state index in [1.807, 2.05) is 0 Å². The lowest BCUT2D eigenvalue weighted by atomic mass is 9.88. The third kappa shape index (κ3) is 7.68. The smallest absolute Gasteiger partial charge is 0.225 e. The van der Waals surface area contributed by atoms with Crippen molar-refractivity contribution in [2.24, 2.45) is 10.9 Å². The summed E-state index contributed by atoms with van der Waals surface area (Å²) in [6.07, 6.45) is 8.00. The minimum absolute atomic E-state index is 0. The number of rotatable bonds is 6. The molecule has 1 saturated carbocycles. The van der Waals surface area contributed by atoms with Crippen molar-refractivity contribution < 1.29 is 4.79 Å². The quantitative estimate of drug-likeness (QED) is 0.272. The van der Waals surface area contributed by atoms with E-state index in [9.17, 15) is 4.79 Å². The van der Waals surface area contributed by atoms with Crippen molar-refractivity contribution in [3.8, 4) is 0 Å². The van der Waals surface area contributed by atoms with Gasteiger partial charge in [-0.2, -0.15) is 0 Å². The summed E-state index contributed by atoms with van der Waals surface area (Å²) >= 11 is 0. The molecule has 146 valence electrons. The first-order valence-electron chi connectivity index (χ1n) is 9.51. The SMILES string of the molecule is CN=C(NCCCN(C)C)NC1CCN(C(=O)C2CCCCC2)C1.I. The maximum atomic E-state index is 12.6. The van der Waals surface area contributed by atoms with Crippen LogP contribution in [0.5, 0.6) is 0 Å². The van der Waals surface area contributed by atoms with Crippen LogP contribution < -0.4 is 10.6 Å². The standard InChI is InChI=1S/C18H35N5O.HI/c1-19-18(20-11-7-12-22(2)3)21-16-10-13-23(14-16)17(24)15-8-5-4-6-9-15;/h15-16H,4-14H2,1-3H3,(H2,19,20,21);1H. The monoisotopic (exact) mass is 465 g/mol. The Morgan fingerprint density at radius 2 is 1.92 bits per heavy atom. The molecule has 0 aromatic rings. The van der Waals surface area contributed by atoms with Crippen LogP contribution in [0, 0.1) is 5.92 Å². The van der Waals surface area contributed by atoms with Crippen molar-refractivity contribution in [3.05, 3.63) is 0 Å². The summed E-state index contributed by atoms with van der Waals surface area (Å²) in [5, 5.41) is 6.84. The molecular weight excluding hydrogens is 429 g/mol. The average Bonchev–Trinajstić information content (AvgIpc) is 3.06. The van der Waals surface area contributed by atoms with Gasteiger partial charge < -0.3 is 20.4 Å². The van der Waals surface area contributed by atoms with E-state index >= 15 is 0 Å². The molecule has 25 heavy (non-hydrogen) atoms. The molecule has 1 saturated heterocycles. The van der Waals surface area contributed by atoms with Crippen molar-refractivity contribution in [1.82, 2.24) is 20.4 Å². The second kappa shape index (κ2) is 11.9. The van der Waals surface area contributed by atoms with Gasteiger partial charge in [-0.25, -0.2) is 0 Å². The molecule has 0 aromatic heterocycles. The van der Waals surface area contributed by atoms with E-state index in [1.54, 1.807) is 7.05 Å². The summed E-state index contributed by atoms with van der Waals surface area (Å²) < 4.78 is 0. The molecule has 0 spiro atoms. The van der Waals surface area contributed by atoms with Gasteiger partial charge in [0.05, 0.1) is 0 Å². The van der Waals surface area contributed by atoms with Crippen molar-refractivity contribution in [2.45, 2.75) is 51.0 Å². The fraction of sp³-hybridized carbons (Fsp3) is 0.889. The highest BCUT2D eigenvalue weighted by Crippen LogP contribution is 2.26. The van der Waals surface area contributed by atoms with E-state index in [2.05, 4.69) is 39.5 Å². The Bertz CT molecular complexity index is 424. The highest BCUT2D eigenvalue weighted by molar-refractivity contribution is 14.0. The fourth-order valence-corrected chi connectivity index (χ4v) is 3.68. The van der Waals surface area contributed by atoms with Gasteiger partial charge in [-0.1, -0.05) is 19.3 Å². The van der Waals surface area contributed by atoms with Crippen LogP contribution in [0.15, 0.2) is 4.99 Å². The third-order valence-electron chi connectivity index (χ3n) is 5.09. The number of aliphatic imine (C=N–C) groups is 1. The summed E-state index contributed by atoms with van der Waals surface area (Å²) in [6, 6.07) is 0.317. The number of hydrogen-bond acceptors (Lipinski definition) is 3. The van der Waals surface area contributed by atoms with Gasteiger partial charge in [0.1, 0.15) is 0 Å². The minimum Gasteiger partial charge on any atom is -0.356 e. The molecule has 1 aliphatic carbocycles. The number of hydrogen-bond donors (Lipinski definition) is 2. The van der Waals surface area contributed by atoms with Crippen LogP contribution in [0.2, 0.25) is 0 Å². The minimum atomic E-state index is 0.